The summed E-state index contributed by atoms with van der Waals surface area (Å²) in [5.41, 5.74) is 1.34. The van der Waals surface area contributed by atoms with Gasteiger partial charge in [0.2, 0.25) is 0 Å². The van der Waals surface area contributed by atoms with E-state index in [2.05, 4.69) is 15.9 Å². The molecular weight excluding hydrogens is 327 g/mol. The van der Waals surface area contributed by atoms with Gasteiger partial charge < -0.3 is 9.84 Å². The number of rotatable bonds is 4. The number of ether oxygens (including phenoxy) is 1. The van der Waals surface area contributed by atoms with Crippen molar-refractivity contribution in [2.75, 3.05) is 0 Å². The van der Waals surface area contributed by atoms with Gasteiger partial charge in [-0.15, -0.1) is 0 Å². The molecule has 3 nitrogen and oxygen atoms in total. The molecule has 0 spiro atoms. The van der Waals surface area contributed by atoms with Gasteiger partial charge in [-0.1, -0.05) is 22.0 Å². The number of carboxylic acids is 1. The first-order valence-corrected chi connectivity index (χ1v) is 6.67. The molecule has 1 N–H and O–H groups in total. The highest BCUT2D eigenvalue weighted by Crippen LogP contribution is 2.22. The molecule has 0 aliphatic heterocycles. The predicted molar refractivity (Wildman–Crippen MR) is 76.6 cm³/mol. The van der Waals surface area contributed by atoms with Crippen LogP contribution in [0.15, 0.2) is 40.9 Å². The molecule has 0 unspecified atom stereocenters. The fraction of sp³-hybridized carbons (Fsp3) is 0.133. The molecule has 0 radical (unpaired) electrons. The molecule has 0 bridgehead atoms. The fourth-order valence-corrected chi connectivity index (χ4v) is 2.11. The molecule has 0 fully saturated rings. The molecule has 0 heterocycles. The Morgan fingerprint density at radius 2 is 2.05 bits per heavy atom. The fourth-order valence-electron chi connectivity index (χ4n) is 1.70. The summed E-state index contributed by atoms with van der Waals surface area (Å²) in [7, 11) is 0. The van der Waals surface area contributed by atoms with Gasteiger partial charge in [-0.2, -0.15) is 0 Å². The Morgan fingerprint density at radius 3 is 2.75 bits per heavy atom. The summed E-state index contributed by atoms with van der Waals surface area (Å²) in [5.74, 6) is -0.951. The van der Waals surface area contributed by atoms with E-state index in [0.717, 1.165) is 10.0 Å². The standard InChI is InChI=1S/C15H12BrFO3/c1-9-2-3-10(15(18)19)7-14(9)20-8-11-6-12(16)4-5-13(11)17/h2-7H,8H2,1H3,(H,18,19). The van der Waals surface area contributed by atoms with Crippen molar-refractivity contribution in [3.63, 3.8) is 0 Å². The van der Waals surface area contributed by atoms with Crippen molar-refractivity contribution in [2.24, 2.45) is 0 Å². The van der Waals surface area contributed by atoms with E-state index < -0.39 is 5.97 Å². The van der Waals surface area contributed by atoms with Crippen LogP contribution in [0.2, 0.25) is 0 Å². The monoisotopic (exact) mass is 338 g/mol. The second-order valence-corrected chi connectivity index (χ2v) is 5.23. The van der Waals surface area contributed by atoms with Gasteiger partial charge in [-0.25, -0.2) is 9.18 Å². The molecular formula is C15H12BrFO3. The van der Waals surface area contributed by atoms with Crippen molar-refractivity contribution >= 4 is 21.9 Å². The summed E-state index contributed by atoms with van der Waals surface area (Å²) < 4.78 is 19.9. The molecule has 0 saturated carbocycles. The largest absolute Gasteiger partial charge is 0.488 e. The van der Waals surface area contributed by atoms with E-state index in [4.69, 9.17) is 9.84 Å². The van der Waals surface area contributed by atoms with Crippen LogP contribution >= 0.6 is 15.9 Å². The zero-order valence-corrected chi connectivity index (χ0v) is 12.3. The van der Waals surface area contributed by atoms with Gasteiger partial charge in [0.1, 0.15) is 18.2 Å². The highest BCUT2D eigenvalue weighted by Gasteiger charge is 2.09. The average Bonchev–Trinajstić information content (AvgIpc) is 2.41. The zero-order chi connectivity index (χ0) is 14.7. The topological polar surface area (TPSA) is 46.5 Å². The van der Waals surface area contributed by atoms with Crippen LogP contribution < -0.4 is 4.74 Å². The summed E-state index contributed by atoms with van der Waals surface area (Å²) >= 11 is 3.27. The van der Waals surface area contributed by atoms with Gasteiger partial charge in [0.15, 0.2) is 0 Å². The van der Waals surface area contributed by atoms with Crippen molar-refractivity contribution in [1.29, 1.82) is 0 Å². The summed E-state index contributed by atoms with van der Waals surface area (Å²) in [6, 6.07) is 9.19. The Hall–Kier alpha value is -1.88. The zero-order valence-electron chi connectivity index (χ0n) is 10.7. The van der Waals surface area contributed by atoms with Crippen LogP contribution in [0.25, 0.3) is 0 Å². The molecule has 2 aromatic carbocycles. The second kappa shape index (κ2) is 6.05. The van der Waals surface area contributed by atoms with E-state index in [9.17, 15) is 9.18 Å². The predicted octanol–water partition coefficient (Wildman–Crippen LogP) is 4.17. The third-order valence-corrected chi connectivity index (χ3v) is 3.32. The molecule has 104 valence electrons. The van der Waals surface area contributed by atoms with Crippen LogP contribution in [0, 0.1) is 12.7 Å². The first-order valence-electron chi connectivity index (χ1n) is 5.88. The molecule has 0 atom stereocenters. The van der Waals surface area contributed by atoms with Gasteiger partial charge >= 0.3 is 5.97 Å². The van der Waals surface area contributed by atoms with E-state index in [0.29, 0.717) is 11.3 Å². The lowest BCUT2D eigenvalue weighted by atomic mass is 10.1. The number of carbonyl (C=O) groups is 1. The van der Waals surface area contributed by atoms with E-state index in [1.807, 2.05) is 0 Å². The molecule has 2 aromatic rings. The molecule has 2 rings (SSSR count). The van der Waals surface area contributed by atoms with Crippen LogP contribution in [0.1, 0.15) is 21.5 Å². The lowest BCUT2D eigenvalue weighted by molar-refractivity contribution is 0.0696. The first-order chi connectivity index (χ1) is 9.47. The number of aromatic carboxylic acids is 1. The molecule has 0 aromatic heterocycles. The van der Waals surface area contributed by atoms with Crippen LogP contribution in [0.5, 0.6) is 5.75 Å². The van der Waals surface area contributed by atoms with Crippen molar-refractivity contribution in [2.45, 2.75) is 13.5 Å². The van der Waals surface area contributed by atoms with Gasteiger partial charge in [0.25, 0.3) is 0 Å². The maximum atomic E-state index is 13.6. The van der Waals surface area contributed by atoms with Crippen LogP contribution in [0.4, 0.5) is 4.39 Å². The summed E-state index contributed by atoms with van der Waals surface area (Å²) in [6.45, 7) is 1.84. The number of hydrogen-bond donors (Lipinski definition) is 1. The van der Waals surface area contributed by atoms with E-state index in [-0.39, 0.29) is 18.0 Å². The minimum absolute atomic E-state index is 0.0369. The van der Waals surface area contributed by atoms with Crippen molar-refractivity contribution < 1.29 is 19.0 Å². The summed E-state index contributed by atoms with van der Waals surface area (Å²) in [5, 5.41) is 8.94. The Morgan fingerprint density at radius 1 is 1.30 bits per heavy atom. The minimum atomic E-state index is -1.02. The second-order valence-electron chi connectivity index (χ2n) is 4.31. The highest BCUT2D eigenvalue weighted by atomic mass is 79.9. The van der Waals surface area contributed by atoms with Crippen LogP contribution in [-0.4, -0.2) is 11.1 Å². The molecule has 20 heavy (non-hydrogen) atoms. The Kier molecular flexibility index (Phi) is 4.39. The molecule has 0 saturated heterocycles. The number of carboxylic acid groups (broad SMARTS) is 1. The van der Waals surface area contributed by atoms with Gasteiger partial charge in [-0.05, 0) is 42.8 Å². The van der Waals surface area contributed by atoms with E-state index in [1.54, 1.807) is 25.1 Å². The highest BCUT2D eigenvalue weighted by molar-refractivity contribution is 9.10. The SMILES string of the molecule is Cc1ccc(C(=O)O)cc1OCc1cc(Br)ccc1F. The van der Waals surface area contributed by atoms with Gasteiger partial charge in [0.05, 0.1) is 5.56 Å². The van der Waals surface area contributed by atoms with Gasteiger partial charge in [0, 0.05) is 10.0 Å². The first kappa shape index (κ1) is 14.5. The van der Waals surface area contributed by atoms with E-state index in [1.165, 1.54) is 18.2 Å². The van der Waals surface area contributed by atoms with Crippen LogP contribution in [0.3, 0.4) is 0 Å². The molecule has 0 aliphatic carbocycles. The van der Waals surface area contributed by atoms with Crippen molar-refractivity contribution in [3.8, 4) is 5.75 Å². The summed E-state index contributed by atoms with van der Waals surface area (Å²) in [4.78, 5) is 10.9. The van der Waals surface area contributed by atoms with Crippen molar-refractivity contribution in [1.82, 2.24) is 0 Å². The lowest BCUT2D eigenvalue weighted by Crippen LogP contribution is -2.02. The van der Waals surface area contributed by atoms with E-state index >= 15 is 0 Å². The number of hydrogen-bond acceptors (Lipinski definition) is 2. The number of aryl methyl sites for hydroxylation is 1. The molecule has 5 heteroatoms. The normalized spacial score (nSPS) is 10.3. The van der Waals surface area contributed by atoms with Crippen LogP contribution in [-0.2, 0) is 6.61 Å². The lowest BCUT2D eigenvalue weighted by Gasteiger charge is -2.11. The molecule has 0 aliphatic rings. The minimum Gasteiger partial charge on any atom is -0.488 e. The van der Waals surface area contributed by atoms with Crippen molar-refractivity contribution in [3.05, 3.63) is 63.4 Å². The Bertz CT molecular complexity index is 656. The quantitative estimate of drug-likeness (QED) is 0.909. The third kappa shape index (κ3) is 3.36. The smallest absolute Gasteiger partial charge is 0.335 e. The number of halogens is 2. The maximum absolute atomic E-state index is 13.6. The molecule has 0 amide bonds. The summed E-state index contributed by atoms with van der Waals surface area (Å²) in [6.07, 6.45) is 0. The average molecular weight is 339 g/mol. The third-order valence-electron chi connectivity index (χ3n) is 2.83. The maximum Gasteiger partial charge on any atom is 0.335 e. The van der Waals surface area contributed by atoms with Gasteiger partial charge in [-0.3, -0.25) is 0 Å². The number of benzene rings is 2. The Labute approximate surface area is 124 Å². The Balaban J connectivity index is 2.20.